The van der Waals surface area contributed by atoms with Crippen LogP contribution in [0.3, 0.4) is 0 Å². The molecule has 0 spiro atoms. The fourth-order valence-corrected chi connectivity index (χ4v) is 1.53. The van der Waals surface area contributed by atoms with Crippen LogP contribution in [0.2, 0.25) is 0 Å². The Kier molecular flexibility index (Phi) is 1.96. The molecule has 2 heterocycles. The molecule has 0 bridgehead atoms. The van der Waals surface area contributed by atoms with E-state index < -0.39 is 0 Å². The topological polar surface area (TPSA) is 54.1 Å². The molecule has 0 aromatic heterocycles. The van der Waals surface area contributed by atoms with Crippen molar-refractivity contribution in [2.75, 3.05) is 13.1 Å². The zero-order chi connectivity index (χ0) is 9.97. The summed E-state index contributed by atoms with van der Waals surface area (Å²) in [6.45, 7) is 1.62. The van der Waals surface area contributed by atoms with Crippen LogP contribution in [-0.2, 0) is 0 Å². The smallest absolute Gasteiger partial charge is 0.131 e. The molecule has 0 atom stereocenters. The standard InChI is InChI=1S/C10H8N4/c11-7-9(8-12)6-10-2-5-13-3-1-4-14(10)13/h1-3,6H,4-5H2. The highest BCUT2D eigenvalue weighted by Gasteiger charge is 2.22. The summed E-state index contributed by atoms with van der Waals surface area (Å²) in [4.78, 5) is 0. The van der Waals surface area contributed by atoms with E-state index in [1.807, 2.05) is 40.5 Å². The van der Waals surface area contributed by atoms with Gasteiger partial charge >= 0.3 is 0 Å². The minimum absolute atomic E-state index is 0.144. The molecule has 0 saturated heterocycles. The molecule has 0 aromatic carbocycles. The van der Waals surface area contributed by atoms with Crippen molar-refractivity contribution >= 4 is 0 Å². The number of allylic oxidation sites excluding steroid dienone is 2. The number of rotatable bonds is 1. The molecule has 0 radical (unpaired) electrons. The summed E-state index contributed by atoms with van der Waals surface area (Å²) in [5, 5.41) is 21.3. The van der Waals surface area contributed by atoms with E-state index in [4.69, 9.17) is 10.5 Å². The quantitative estimate of drug-likeness (QED) is 0.568. The van der Waals surface area contributed by atoms with Crippen molar-refractivity contribution in [3.8, 4) is 12.1 Å². The fraction of sp³-hybridized carbons (Fsp3) is 0.200. The lowest BCUT2D eigenvalue weighted by atomic mass is 10.2. The number of fused-ring (bicyclic) bond motifs is 1. The third-order valence-corrected chi connectivity index (χ3v) is 2.18. The molecule has 4 heteroatoms. The van der Waals surface area contributed by atoms with Crippen molar-refractivity contribution in [1.29, 1.82) is 10.5 Å². The van der Waals surface area contributed by atoms with Crippen LogP contribution in [0.15, 0.2) is 35.7 Å². The van der Waals surface area contributed by atoms with Crippen molar-refractivity contribution in [3.63, 3.8) is 0 Å². The molecule has 4 nitrogen and oxygen atoms in total. The van der Waals surface area contributed by atoms with Crippen LogP contribution < -0.4 is 0 Å². The van der Waals surface area contributed by atoms with Crippen LogP contribution in [-0.4, -0.2) is 23.1 Å². The maximum atomic E-state index is 8.61. The Balaban J connectivity index is 2.19. The molecule has 0 unspecified atom stereocenters. The molecule has 14 heavy (non-hydrogen) atoms. The third-order valence-electron chi connectivity index (χ3n) is 2.18. The summed E-state index contributed by atoms with van der Waals surface area (Å²) in [6, 6.07) is 3.70. The van der Waals surface area contributed by atoms with Gasteiger partial charge in [0.15, 0.2) is 0 Å². The SMILES string of the molecule is N#CC(C#N)=CC1=CCN2C=CCN12. The summed E-state index contributed by atoms with van der Waals surface area (Å²) < 4.78 is 0. The van der Waals surface area contributed by atoms with E-state index in [9.17, 15) is 0 Å². The first-order valence-electron chi connectivity index (χ1n) is 4.28. The van der Waals surface area contributed by atoms with E-state index in [1.54, 1.807) is 6.08 Å². The van der Waals surface area contributed by atoms with Crippen LogP contribution in [0.25, 0.3) is 0 Å². The number of hydrogen-bond acceptors (Lipinski definition) is 4. The molecule has 2 aliphatic heterocycles. The zero-order valence-electron chi connectivity index (χ0n) is 7.51. The summed E-state index contributed by atoms with van der Waals surface area (Å²) in [6.07, 6.45) is 7.65. The Labute approximate surface area is 82.2 Å². The third kappa shape index (κ3) is 1.23. The maximum Gasteiger partial charge on any atom is 0.131 e. The van der Waals surface area contributed by atoms with E-state index in [2.05, 4.69) is 0 Å². The molecule has 2 rings (SSSR count). The van der Waals surface area contributed by atoms with Crippen LogP contribution in [0.1, 0.15) is 0 Å². The van der Waals surface area contributed by atoms with E-state index in [0.29, 0.717) is 0 Å². The van der Waals surface area contributed by atoms with E-state index in [-0.39, 0.29) is 5.57 Å². The first-order valence-corrected chi connectivity index (χ1v) is 4.28. The predicted molar refractivity (Wildman–Crippen MR) is 49.9 cm³/mol. The first-order chi connectivity index (χ1) is 6.85. The van der Waals surface area contributed by atoms with Crippen LogP contribution in [0.4, 0.5) is 0 Å². The van der Waals surface area contributed by atoms with Crippen LogP contribution in [0.5, 0.6) is 0 Å². The van der Waals surface area contributed by atoms with Gasteiger partial charge in [0, 0.05) is 6.20 Å². The highest BCUT2D eigenvalue weighted by molar-refractivity contribution is 5.42. The summed E-state index contributed by atoms with van der Waals surface area (Å²) in [7, 11) is 0. The monoisotopic (exact) mass is 184 g/mol. The minimum Gasteiger partial charge on any atom is -0.289 e. The molecule has 0 aliphatic carbocycles. The average molecular weight is 184 g/mol. The Bertz CT molecular complexity index is 400. The van der Waals surface area contributed by atoms with Gasteiger partial charge < -0.3 is 0 Å². The lowest BCUT2D eigenvalue weighted by Crippen LogP contribution is -2.28. The van der Waals surface area contributed by atoms with Gasteiger partial charge in [0.2, 0.25) is 0 Å². The summed E-state index contributed by atoms with van der Waals surface area (Å²) >= 11 is 0. The minimum atomic E-state index is 0.144. The summed E-state index contributed by atoms with van der Waals surface area (Å²) in [5.74, 6) is 0. The molecule has 0 saturated carbocycles. The molecule has 2 aliphatic rings. The van der Waals surface area contributed by atoms with E-state index >= 15 is 0 Å². The highest BCUT2D eigenvalue weighted by Crippen LogP contribution is 2.22. The molecule has 68 valence electrons. The molecule has 0 fully saturated rings. The summed E-state index contributed by atoms with van der Waals surface area (Å²) in [5.41, 5.74) is 1.07. The average Bonchev–Trinajstić information content (AvgIpc) is 2.77. The number of nitriles is 2. The number of hydrazine groups is 1. The van der Waals surface area contributed by atoms with Crippen LogP contribution in [0, 0.1) is 22.7 Å². The van der Waals surface area contributed by atoms with Crippen molar-refractivity contribution in [2.24, 2.45) is 0 Å². The molecular weight excluding hydrogens is 176 g/mol. The maximum absolute atomic E-state index is 8.61. The number of nitrogens with zero attached hydrogens (tertiary/aromatic N) is 4. The van der Waals surface area contributed by atoms with Crippen molar-refractivity contribution in [3.05, 3.63) is 35.7 Å². The van der Waals surface area contributed by atoms with Gasteiger partial charge in [-0.15, -0.1) is 0 Å². The molecule has 0 aromatic rings. The lowest BCUT2D eigenvalue weighted by Gasteiger charge is -2.23. The highest BCUT2D eigenvalue weighted by atomic mass is 15.6. The van der Waals surface area contributed by atoms with Gasteiger partial charge in [-0.1, -0.05) is 0 Å². The first kappa shape index (κ1) is 8.40. The van der Waals surface area contributed by atoms with Crippen molar-refractivity contribution in [1.82, 2.24) is 10.0 Å². The van der Waals surface area contributed by atoms with Gasteiger partial charge in [-0.2, -0.15) is 10.5 Å². The van der Waals surface area contributed by atoms with Gasteiger partial charge in [0.1, 0.15) is 17.7 Å². The second kappa shape index (κ2) is 3.27. The van der Waals surface area contributed by atoms with Gasteiger partial charge in [0.25, 0.3) is 0 Å². The Morgan fingerprint density at radius 2 is 2.14 bits per heavy atom. The van der Waals surface area contributed by atoms with Gasteiger partial charge in [-0.3, -0.25) is 10.0 Å². The second-order valence-electron chi connectivity index (χ2n) is 3.00. The molecule has 0 N–H and O–H groups in total. The molecular formula is C10H8N4. The second-order valence-corrected chi connectivity index (χ2v) is 3.00. The van der Waals surface area contributed by atoms with Crippen molar-refractivity contribution < 1.29 is 0 Å². The predicted octanol–water partition coefficient (Wildman–Crippen LogP) is 0.904. The van der Waals surface area contributed by atoms with E-state index in [0.717, 1.165) is 18.8 Å². The van der Waals surface area contributed by atoms with Crippen LogP contribution >= 0.6 is 0 Å². The largest absolute Gasteiger partial charge is 0.289 e. The Morgan fingerprint density at radius 3 is 2.86 bits per heavy atom. The van der Waals surface area contributed by atoms with Crippen molar-refractivity contribution in [2.45, 2.75) is 0 Å². The van der Waals surface area contributed by atoms with Gasteiger partial charge in [-0.05, 0) is 18.2 Å². The van der Waals surface area contributed by atoms with Gasteiger partial charge in [0.05, 0.1) is 18.8 Å². The van der Waals surface area contributed by atoms with Gasteiger partial charge in [-0.25, -0.2) is 0 Å². The zero-order valence-corrected chi connectivity index (χ0v) is 7.51. The fourth-order valence-electron chi connectivity index (χ4n) is 1.53. The normalized spacial score (nSPS) is 17.1. The lowest BCUT2D eigenvalue weighted by molar-refractivity contribution is 0.137. The Hall–Kier alpha value is -2.20. The Morgan fingerprint density at radius 1 is 1.36 bits per heavy atom. The molecule has 0 amide bonds. The van der Waals surface area contributed by atoms with E-state index in [1.165, 1.54) is 0 Å². The number of hydrogen-bond donors (Lipinski definition) is 0.